The number of aliphatic carboxylic acids is 1. The lowest BCUT2D eigenvalue weighted by atomic mass is 9.76. The zero-order chi connectivity index (χ0) is 10.0. The molecule has 0 bridgehead atoms. The molecule has 1 aromatic rings. The molecular weight excluding hydrogens is 178 g/mol. The number of carboxylic acids is 1. The molecule has 0 aromatic heterocycles. The molecule has 0 unspecified atom stereocenters. The monoisotopic (exact) mass is 191 g/mol. The number of hydrogen-bond donors (Lipinski definition) is 2. The summed E-state index contributed by atoms with van der Waals surface area (Å²) in [4.78, 5) is 11.0. The van der Waals surface area contributed by atoms with E-state index in [9.17, 15) is 4.79 Å². The molecule has 1 aliphatic rings. The Bertz CT molecular complexity index is 330. The van der Waals surface area contributed by atoms with Gasteiger partial charge in [-0.1, -0.05) is 18.2 Å². The average molecular weight is 191 g/mol. The molecule has 2 N–H and O–H groups in total. The van der Waals surface area contributed by atoms with Crippen LogP contribution in [0.4, 0.5) is 5.69 Å². The standard InChI is InChI=1S/C11H13NO2/c13-10(14)11(7-4-8-11)12-9-5-2-1-3-6-9/h1-3,5-6,12H,4,7-8H2,(H,13,14). The van der Waals surface area contributed by atoms with Crippen LogP contribution >= 0.6 is 0 Å². The first kappa shape index (κ1) is 9.06. The Morgan fingerprint density at radius 1 is 1.29 bits per heavy atom. The van der Waals surface area contributed by atoms with Crippen LogP contribution in [0.1, 0.15) is 19.3 Å². The summed E-state index contributed by atoms with van der Waals surface area (Å²) in [6, 6.07) is 9.50. The maximum atomic E-state index is 11.0. The summed E-state index contributed by atoms with van der Waals surface area (Å²) < 4.78 is 0. The van der Waals surface area contributed by atoms with Crippen LogP contribution in [-0.2, 0) is 4.79 Å². The Morgan fingerprint density at radius 2 is 1.93 bits per heavy atom. The maximum absolute atomic E-state index is 11.0. The summed E-state index contributed by atoms with van der Waals surface area (Å²) in [6.45, 7) is 0. The van der Waals surface area contributed by atoms with E-state index < -0.39 is 11.5 Å². The van der Waals surface area contributed by atoms with Crippen LogP contribution in [-0.4, -0.2) is 16.6 Å². The van der Waals surface area contributed by atoms with Gasteiger partial charge >= 0.3 is 5.97 Å². The molecule has 0 aliphatic heterocycles. The van der Waals surface area contributed by atoms with Crippen molar-refractivity contribution in [3.8, 4) is 0 Å². The second-order valence-electron chi connectivity index (χ2n) is 3.73. The predicted octanol–water partition coefficient (Wildman–Crippen LogP) is 2.11. The first-order valence-corrected chi connectivity index (χ1v) is 4.80. The summed E-state index contributed by atoms with van der Waals surface area (Å²) in [5.74, 6) is -0.743. The highest BCUT2D eigenvalue weighted by atomic mass is 16.4. The Labute approximate surface area is 82.8 Å². The molecule has 0 spiro atoms. The molecule has 0 amide bonds. The van der Waals surface area contributed by atoms with E-state index in [4.69, 9.17) is 5.11 Å². The number of nitrogens with one attached hydrogen (secondary N) is 1. The second kappa shape index (κ2) is 3.33. The van der Waals surface area contributed by atoms with Crippen LogP contribution in [0.25, 0.3) is 0 Å². The van der Waals surface area contributed by atoms with E-state index in [1.165, 1.54) is 0 Å². The average Bonchev–Trinajstić information content (AvgIpc) is 2.12. The van der Waals surface area contributed by atoms with Gasteiger partial charge < -0.3 is 10.4 Å². The summed E-state index contributed by atoms with van der Waals surface area (Å²) in [5, 5.41) is 12.2. The third kappa shape index (κ3) is 1.45. The van der Waals surface area contributed by atoms with Gasteiger partial charge in [-0.05, 0) is 31.4 Å². The Balaban J connectivity index is 2.13. The number of rotatable bonds is 3. The summed E-state index contributed by atoms with van der Waals surface area (Å²) in [6.07, 6.45) is 2.43. The van der Waals surface area contributed by atoms with Gasteiger partial charge in [0.15, 0.2) is 0 Å². The first-order chi connectivity index (χ1) is 6.73. The number of carbonyl (C=O) groups is 1. The quantitative estimate of drug-likeness (QED) is 0.769. The molecule has 0 saturated heterocycles. The Morgan fingerprint density at radius 3 is 2.36 bits per heavy atom. The van der Waals surface area contributed by atoms with Crippen molar-refractivity contribution in [2.24, 2.45) is 0 Å². The minimum Gasteiger partial charge on any atom is -0.480 e. The predicted molar refractivity (Wildman–Crippen MR) is 54.3 cm³/mol. The van der Waals surface area contributed by atoms with Gasteiger partial charge in [-0.3, -0.25) is 0 Å². The van der Waals surface area contributed by atoms with Gasteiger partial charge in [0.05, 0.1) is 0 Å². The van der Waals surface area contributed by atoms with Gasteiger partial charge in [0.25, 0.3) is 0 Å². The van der Waals surface area contributed by atoms with Crippen molar-refractivity contribution < 1.29 is 9.90 Å². The van der Waals surface area contributed by atoms with Crippen LogP contribution in [0.15, 0.2) is 30.3 Å². The van der Waals surface area contributed by atoms with Crippen LogP contribution in [0.2, 0.25) is 0 Å². The highest BCUT2D eigenvalue weighted by Gasteiger charge is 2.44. The van der Waals surface area contributed by atoms with Crippen molar-refractivity contribution in [1.82, 2.24) is 0 Å². The third-order valence-electron chi connectivity index (χ3n) is 2.77. The van der Waals surface area contributed by atoms with E-state index in [1.807, 2.05) is 30.3 Å². The molecule has 0 atom stereocenters. The highest BCUT2D eigenvalue weighted by Crippen LogP contribution is 2.35. The van der Waals surface area contributed by atoms with Crippen molar-refractivity contribution in [2.75, 3.05) is 5.32 Å². The summed E-state index contributed by atoms with van der Waals surface area (Å²) >= 11 is 0. The fourth-order valence-corrected chi connectivity index (χ4v) is 1.72. The van der Waals surface area contributed by atoms with Crippen molar-refractivity contribution >= 4 is 11.7 Å². The lowest BCUT2D eigenvalue weighted by Crippen LogP contribution is -2.52. The molecule has 0 radical (unpaired) electrons. The van der Waals surface area contributed by atoms with Gasteiger partial charge in [-0.25, -0.2) is 4.79 Å². The molecule has 1 fully saturated rings. The van der Waals surface area contributed by atoms with Gasteiger partial charge in [-0.2, -0.15) is 0 Å². The molecule has 1 aromatic carbocycles. The van der Waals surface area contributed by atoms with Gasteiger partial charge in [0, 0.05) is 5.69 Å². The largest absolute Gasteiger partial charge is 0.480 e. The number of carboxylic acid groups (broad SMARTS) is 1. The number of para-hydroxylation sites is 1. The number of benzene rings is 1. The molecule has 3 nitrogen and oxygen atoms in total. The minimum absolute atomic E-state index is 0.707. The van der Waals surface area contributed by atoms with Crippen molar-refractivity contribution in [3.63, 3.8) is 0 Å². The smallest absolute Gasteiger partial charge is 0.329 e. The summed E-state index contributed by atoms with van der Waals surface area (Å²) in [5.41, 5.74) is 0.177. The van der Waals surface area contributed by atoms with E-state index in [2.05, 4.69) is 5.32 Å². The van der Waals surface area contributed by atoms with E-state index in [-0.39, 0.29) is 0 Å². The molecule has 1 aliphatic carbocycles. The molecule has 3 heteroatoms. The van der Waals surface area contributed by atoms with Crippen molar-refractivity contribution in [3.05, 3.63) is 30.3 Å². The molecule has 0 heterocycles. The van der Waals surface area contributed by atoms with Gasteiger partial charge in [0.2, 0.25) is 0 Å². The van der Waals surface area contributed by atoms with Crippen molar-refractivity contribution in [1.29, 1.82) is 0 Å². The van der Waals surface area contributed by atoms with Crippen LogP contribution < -0.4 is 5.32 Å². The van der Waals surface area contributed by atoms with Gasteiger partial charge in [-0.15, -0.1) is 0 Å². The van der Waals surface area contributed by atoms with Crippen LogP contribution in [0, 0.1) is 0 Å². The fraction of sp³-hybridized carbons (Fsp3) is 0.364. The van der Waals surface area contributed by atoms with E-state index in [1.54, 1.807) is 0 Å². The number of anilines is 1. The SMILES string of the molecule is O=C(O)C1(Nc2ccccc2)CCC1. The lowest BCUT2D eigenvalue weighted by molar-refractivity contribution is -0.145. The Hall–Kier alpha value is -1.51. The zero-order valence-corrected chi connectivity index (χ0v) is 7.86. The number of hydrogen-bond acceptors (Lipinski definition) is 2. The van der Waals surface area contributed by atoms with Crippen molar-refractivity contribution in [2.45, 2.75) is 24.8 Å². The molecule has 74 valence electrons. The van der Waals surface area contributed by atoms with E-state index in [0.717, 1.165) is 24.9 Å². The molecule has 2 rings (SSSR count). The maximum Gasteiger partial charge on any atom is 0.329 e. The van der Waals surface area contributed by atoms with Crippen LogP contribution in [0.3, 0.4) is 0 Å². The van der Waals surface area contributed by atoms with E-state index in [0.29, 0.717) is 0 Å². The normalized spacial score (nSPS) is 18.3. The third-order valence-corrected chi connectivity index (χ3v) is 2.77. The highest BCUT2D eigenvalue weighted by molar-refractivity contribution is 5.84. The summed E-state index contributed by atoms with van der Waals surface area (Å²) in [7, 11) is 0. The Kier molecular flexibility index (Phi) is 2.15. The zero-order valence-electron chi connectivity index (χ0n) is 7.86. The molecule has 14 heavy (non-hydrogen) atoms. The fourth-order valence-electron chi connectivity index (χ4n) is 1.72. The topological polar surface area (TPSA) is 49.3 Å². The van der Waals surface area contributed by atoms with Crippen LogP contribution in [0.5, 0.6) is 0 Å². The second-order valence-corrected chi connectivity index (χ2v) is 3.73. The van der Waals surface area contributed by atoms with E-state index >= 15 is 0 Å². The first-order valence-electron chi connectivity index (χ1n) is 4.80. The van der Waals surface area contributed by atoms with Gasteiger partial charge in [0.1, 0.15) is 5.54 Å². The lowest BCUT2D eigenvalue weighted by Gasteiger charge is -2.39. The molecular formula is C11H13NO2. The minimum atomic E-state index is -0.743. The molecule has 1 saturated carbocycles.